The summed E-state index contributed by atoms with van der Waals surface area (Å²) < 4.78 is 1.59. The van der Waals surface area contributed by atoms with Crippen LogP contribution in [0, 0.1) is 0 Å². The van der Waals surface area contributed by atoms with Crippen molar-refractivity contribution in [2.45, 2.75) is 19.0 Å². The van der Waals surface area contributed by atoms with Crippen LogP contribution in [0.3, 0.4) is 0 Å². The molecule has 0 aliphatic heterocycles. The Bertz CT molecular complexity index is 966. The highest BCUT2D eigenvalue weighted by molar-refractivity contribution is 7.99. The number of benzene rings is 2. The summed E-state index contributed by atoms with van der Waals surface area (Å²) in [5.41, 5.74) is 1.26. The summed E-state index contributed by atoms with van der Waals surface area (Å²) in [4.78, 5) is 31.8. The number of nitrogens with zero attached hydrogens (tertiary/aromatic N) is 3. The fourth-order valence-electron chi connectivity index (χ4n) is 2.81. The lowest BCUT2D eigenvalue weighted by Crippen LogP contribution is -2.32. The van der Waals surface area contributed by atoms with E-state index in [-0.39, 0.29) is 17.2 Å². The fraction of sp³-hybridized carbons (Fsp3) is 0.250. The van der Waals surface area contributed by atoms with Gasteiger partial charge in [-0.15, -0.1) is 0 Å². The topological polar surface area (TPSA) is 55.2 Å². The molecule has 0 spiro atoms. The molecule has 3 rings (SSSR count). The van der Waals surface area contributed by atoms with Crippen molar-refractivity contribution in [3.63, 3.8) is 0 Å². The van der Waals surface area contributed by atoms with Crippen LogP contribution >= 0.6 is 11.8 Å². The predicted octanol–water partition coefficient (Wildman–Crippen LogP) is 3.35. The van der Waals surface area contributed by atoms with Crippen LogP contribution in [0.5, 0.6) is 0 Å². The van der Waals surface area contributed by atoms with Gasteiger partial charge in [0.25, 0.3) is 5.56 Å². The molecule has 0 N–H and O–H groups in total. The van der Waals surface area contributed by atoms with E-state index in [0.29, 0.717) is 29.1 Å². The Morgan fingerprint density at radius 3 is 2.38 bits per heavy atom. The van der Waals surface area contributed by atoms with Crippen LogP contribution in [-0.4, -0.2) is 39.2 Å². The van der Waals surface area contributed by atoms with Crippen LogP contribution in [0.2, 0.25) is 0 Å². The Kier molecular flexibility index (Phi) is 5.73. The van der Waals surface area contributed by atoms with E-state index in [1.807, 2.05) is 62.4 Å². The minimum Gasteiger partial charge on any atom is -0.343 e. The lowest BCUT2D eigenvalue weighted by atomic mass is 10.2. The summed E-state index contributed by atoms with van der Waals surface area (Å²) in [5.74, 6) is 0.293. The highest BCUT2D eigenvalue weighted by atomic mass is 32.2. The number of amides is 1. The van der Waals surface area contributed by atoms with Crippen molar-refractivity contribution in [1.29, 1.82) is 0 Å². The van der Waals surface area contributed by atoms with Gasteiger partial charge >= 0.3 is 0 Å². The number of fused-ring (bicyclic) bond motifs is 1. The number of carbonyl (C=O) groups excluding carboxylic acids is 1. The fourth-order valence-corrected chi connectivity index (χ4v) is 3.72. The molecule has 0 fully saturated rings. The molecule has 6 heteroatoms. The molecule has 1 heterocycles. The normalized spacial score (nSPS) is 10.8. The van der Waals surface area contributed by atoms with Gasteiger partial charge in [0.2, 0.25) is 5.91 Å². The van der Waals surface area contributed by atoms with Crippen LogP contribution < -0.4 is 5.56 Å². The summed E-state index contributed by atoms with van der Waals surface area (Å²) in [6.07, 6.45) is 0. The lowest BCUT2D eigenvalue weighted by molar-refractivity contribution is -0.127. The van der Waals surface area contributed by atoms with E-state index >= 15 is 0 Å². The first kappa shape index (κ1) is 18.2. The molecule has 5 nitrogen and oxygen atoms in total. The number of thioether (sulfide) groups is 1. The molecule has 134 valence electrons. The SMILES string of the molecule is CCN(CC)C(=O)CSc1nc2ccccc2c(=O)n1-c1ccccc1. The second-order valence-corrected chi connectivity index (χ2v) is 6.68. The van der Waals surface area contributed by atoms with Gasteiger partial charge in [0.1, 0.15) is 0 Å². The maximum atomic E-state index is 13.1. The summed E-state index contributed by atoms with van der Waals surface area (Å²) in [6.45, 7) is 5.26. The molecule has 26 heavy (non-hydrogen) atoms. The third-order valence-corrected chi connectivity index (χ3v) is 5.12. The van der Waals surface area contributed by atoms with Gasteiger partial charge in [-0.05, 0) is 38.1 Å². The molecule has 1 amide bonds. The predicted molar refractivity (Wildman–Crippen MR) is 106 cm³/mol. The summed E-state index contributed by atoms with van der Waals surface area (Å²) in [6, 6.07) is 16.7. The van der Waals surface area contributed by atoms with Gasteiger partial charge in [-0.3, -0.25) is 14.2 Å². The molecular formula is C20H21N3O2S. The van der Waals surface area contributed by atoms with Crippen molar-refractivity contribution in [1.82, 2.24) is 14.5 Å². The average molecular weight is 367 g/mol. The van der Waals surface area contributed by atoms with Crippen molar-refractivity contribution < 1.29 is 4.79 Å². The highest BCUT2D eigenvalue weighted by Crippen LogP contribution is 2.21. The first-order chi connectivity index (χ1) is 12.7. The monoisotopic (exact) mass is 367 g/mol. The number of hydrogen-bond donors (Lipinski definition) is 0. The second-order valence-electron chi connectivity index (χ2n) is 5.74. The zero-order valence-corrected chi connectivity index (χ0v) is 15.7. The van der Waals surface area contributed by atoms with Crippen LogP contribution in [0.4, 0.5) is 0 Å². The zero-order chi connectivity index (χ0) is 18.5. The smallest absolute Gasteiger partial charge is 0.266 e. The number of aromatic nitrogens is 2. The average Bonchev–Trinajstić information content (AvgIpc) is 2.68. The number of para-hydroxylation sites is 2. The molecule has 0 bridgehead atoms. The first-order valence-electron chi connectivity index (χ1n) is 8.63. The third-order valence-electron chi connectivity index (χ3n) is 4.20. The summed E-state index contributed by atoms with van der Waals surface area (Å²) in [7, 11) is 0. The van der Waals surface area contributed by atoms with Crippen LogP contribution in [0.25, 0.3) is 16.6 Å². The maximum absolute atomic E-state index is 13.1. The van der Waals surface area contributed by atoms with Crippen molar-refractivity contribution in [2.24, 2.45) is 0 Å². The van der Waals surface area contributed by atoms with Gasteiger partial charge in [-0.25, -0.2) is 4.98 Å². The molecule has 0 aliphatic carbocycles. The Morgan fingerprint density at radius 1 is 1.04 bits per heavy atom. The van der Waals surface area contributed by atoms with Crippen LogP contribution in [0.15, 0.2) is 64.5 Å². The minimum absolute atomic E-state index is 0.0435. The van der Waals surface area contributed by atoms with Gasteiger partial charge < -0.3 is 4.90 Å². The Hall–Kier alpha value is -2.60. The zero-order valence-electron chi connectivity index (χ0n) is 14.9. The van der Waals surface area contributed by atoms with E-state index in [2.05, 4.69) is 4.98 Å². The highest BCUT2D eigenvalue weighted by Gasteiger charge is 2.16. The van der Waals surface area contributed by atoms with Crippen LogP contribution in [-0.2, 0) is 4.79 Å². The van der Waals surface area contributed by atoms with E-state index < -0.39 is 0 Å². The molecule has 3 aromatic rings. The molecule has 1 aromatic heterocycles. The Morgan fingerprint density at radius 2 is 1.69 bits per heavy atom. The molecule has 0 unspecified atom stereocenters. The van der Waals surface area contributed by atoms with E-state index in [1.54, 1.807) is 15.5 Å². The van der Waals surface area contributed by atoms with E-state index in [4.69, 9.17) is 0 Å². The van der Waals surface area contributed by atoms with Gasteiger partial charge in [-0.1, -0.05) is 42.1 Å². The largest absolute Gasteiger partial charge is 0.343 e. The molecule has 2 aromatic carbocycles. The second kappa shape index (κ2) is 8.19. The van der Waals surface area contributed by atoms with E-state index in [0.717, 1.165) is 5.69 Å². The molecule has 0 saturated carbocycles. The third kappa shape index (κ3) is 3.65. The minimum atomic E-state index is -0.125. The van der Waals surface area contributed by atoms with Gasteiger partial charge in [0, 0.05) is 13.1 Å². The molecule has 0 saturated heterocycles. The molecular weight excluding hydrogens is 346 g/mol. The number of hydrogen-bond acceptors (Lipinski definition) is 4. The van der Waals surface area contributed by atoms with E-state index in [1.165, 1.54) is 11.8 Å². The van der Waals surface area contributed by atoms with Gasteiger partial charge in [0.15, 0.2) is 5.16 Å². The van der Waals surface area contributed by atoms with Crippen molar-refractivity contribution >= 4 is 28.6 Å². The molecule has 0 aliphatic rings. The maximum Gasteiger partial charge on any atom is 0.266 e. The molecule has 0 radical (unpaired) electrons. The summed E-state index contributed by atoms with van der Waals surface area (Å²) in [5, 5.41) is 1.09. The Balaban J connectivity index is 2.06. The first-order valence-corrected chi connectivity index (χ1v) is 9.62. The van der Waals surface area contributed by atoms with Crippen LogP contribution in [0.1, 0.15) is 13.8 Å². The molecule has 0 atom stereocenters. The lowest BCUT2D eigenvalue weighted by Gasteiger charge is -2.19. The van der Waals surface area contributed by atoms with Gasteiger partial charge in [-0.2, -0.15) is 0 Å². The van der Waals surface area contributed by atoms with Gasteiger partial charge in [0.05, 0.1) is 22.3 Å². The van der Waals surface area contributed by atoms with Crippen molar-refractivity contribution in [2.75, 3.05) is 18.8 Å². The standard InChI is InChI=1S/C20H21N3O2S/c1-3-22(4-2)18(24)14-26-20-21-17-13-9-8-12-16(17)19(25)23(20)15-10-6-5-7-11-15/h5-13H,3-4,14H2,1-2H3. The number of carbonyl (C=O) groups is 1. The Labute approximate surface area is 156 Å². The van der Waals surface area contributed by atoms with E-state index in [9.17, 15) is 9.59 Å². The van der Waals surface area contributed by atoms with Crippen molar-refractivity contribution in [3.8, 4) is 5.69 Å². The summed E-state index contributed by atoms with van der Waals surface area (Å²) >= 11 is 1.30. The van der Waals surface area contributed by atoms with Crippen molar-refractivity contribution in [3.05, 3.63) is 65.0 Å². The quantitative estimate of drug-likeness (QED) is 0.495. The number of rotatable bonds is 6.